The minimum atomic E-state index is -4.84. The summed E-state index contributed by atoms with van der Waals surface area (Å²) in [6, 6.07) is 0. The number of ether oxygens (including phenoxy) is 1. The van der Waals surface area contributed by atoms with Crippen molar-refractivity contribution in [2.75, 3.05) is 6.61 Å². The number of rotatable bonds is 14. The van der Waals surface area contributed by atoms with E-state index >= 15 is 0 Å². The molecular weight excluding hydrogens is 391 g/mol. The summed E-state index contributed by atoms with van der Waals surface area (Å²) in [6.45, 7) is 7.18. The van der Waals surface area contributed by atoms with E-state index in [9.17, 15) is 18.0 Å². The Kier molecular flexibility index (Phi) is 24.2. The summed E-state index contributed by atoms with van der Waals surface area (Å²) in [4.78, 5) is 20.0. The van der Waals surface area contributed by atoms with Crippen molar-refractivity contribution in [2.45, 2.75) is 76.9 Å². The summed E-state index contributed by atoms with van der Waals surface area (Å²) in [5.74, 6) is -3.50. The molecule has 0 saturated heterocycles. The molecule has 0 amide bonds. The average Bonchev–Trinajstić information content (AvgIpc) is 2.50. The van der Waals surface area contributed by atoms with Crippen LogP contribution in [0.15, 0.2) is 0 Å². The maximum Gasteiger partial charge on any atom is 1.00 e. The first-order chi connectivity index (χ1) is 11.7. The van der Waals surface area contributed by atoms with Crippen molar-refractivity contribution in [3.05, 3.63) is 6.61 Å². The molecule has 0 fully saturated rings. The molecule has 0 saturated carbocycles. The number of carbonyl (C=O) groups is 2. The Morgan fingerprint density at radius 1 is 1.00 bits per heavy atom. The Morgan fingerprint density at radius 3 is 1.85 bits per heavy atom. The quantitative estimate of drug-likeness (QED) is 0.155. The molecule has 1 unspecified atom stereocenters. The molecule has 0 aromatic rings. The van der Waals surface area contributed by atoms with Crippen molar-refractivity contribution < 1.29 is 88.9 Å². The van der Waals surface area contributed by atoms with Crippen LogP contribution < -0.4 is 51.4 Å². The molecule has 150 valence electrons. The van der Waals surface area contributed by atoms with Crippen LogP contribution in [0.1, 0.15) is 71.6 Å². The zero-order valence-electron chi connectivity index (χ0n) is 16.0. The normalized spacial score (nSPS) is 11.7. The van der Waals surface area contributed by atoms with Crippen LogP contribution in [0.4, 0.5) is 0 Å². The fraction of sp³-hybridized carbons (Fsp3) is 0.812. The van der Waals surface area contributed by atoms with E-state index < -0.39 is 33.7 Å². The van der Waals surface area contributed by atoms with E-state index in [2.05, 4.69) is 13.8 Å². The zero-order chi connectivity index (χ0) is 19.7. The van der Waals surface area contributed by atoms with Gasteiger partial charge in [-0.25, -0.2) is 6.61 Å². The van der Waals surface area contributed by atoms with Gasteiger partial charge >= 0.3 is 63.3 Å². The Bertz CT molecular complexity index is 443. The molecule has 10 heteroatoms. The maximum atomic E-state index is 10.2. The van der Waals surface area contributed by atoms with E-state index in [1.54, 1.807) is 0 Å². The van der Waals surface area contributed by atoms with E-state index in [1.165, 1.54) is 44.9 Å². The average molecular weight is 423 g/mol. The first-order valence-electron chi connectivity index (χ1n) is 8.50. The Hall–Kier alpha value is 0.446. The molecule has 3 N–H and O–H groups in total. The predicted octanol–water partition coefficient (Wildman–Crippen LogP) is 0.131. The van der Waals surface area contributed by atoms with Gasteiger partial charge in [0.15, 0.2) is 5.25 Å². The summed E-state index contributed by atoms with van der Waals surface area (Å²) in [5.41, 5.74) is 0. The third-order valence-electron chi connectivity index (χ3n) is 3.15. The maximum absolute atomic E-state index is 10.2. The molecule has 0 bridgehead atoms. The summed E-state index contributed by atoms with van der Waals surface area (Å²) < 4.78 is 33.9. The first kappa shape index (κ1) is 31.2. The van der Waals surface area contributed by atoms with E-state index in [0.717, 1.165) is 13.0 Å². The Balaban J connectivity index is -0.000000393. The SMILES string of the molecule is CC[CH-]OCCCCCCCCC.O=C(O)CC(C(=O)O)S(=O)(=O)O.[K+]. The number of hydrogen-bond donors (Lipinski definition) is 3. The summed E-state index contributed by atoms with van der Waals surface area (Å²) in [5, 5.41) is 13.9. The Labute approximate surface area is 199 Å². The molecule has 0 aromatic heterocycles. The topological polar surface area (TPSA) is 138 Å². The van der Waals surface area contributed by atoms with Gasteiger partial charge in [0.2, 0.25) is 0 Å². The summed E-state index contributed by atoms with van der Waals surface area (Å²) in [7, 11) is -4.84. The van der Waals surface area contributed by atoms with E-state index in [0.29, 0.717) is 0 Å². The van der Waals surface area contributed by atoms with Gasteiger partial charge in [0.1, 0.15) is 0 Å². The summed E-state index contributed by atoms with van der Waals surface area (Å²) >= 11 is 0. The molecule has 0 spiro atoms. The van der Waals surface area contributed by atoms with Crippen molar-refractivity contribution in [1.29, 1.82) is 0 Å². The fourth-order valence-corrected chi connectivity index (χ4v) is 2.43. The van der Waals surface area contributed by atoms with Crippen molar-refractivity contribution in [2.24, 2.45) is 0 Å². The van der Waals surface area contributed by atoms with Gasteiger partial charge in [-0.05, 0) is 6.42 Å². The van der Waals surface area contributed by atoms with Gasteiger partial charge in [0, 0.05) is 6.61 Å². The van der Waals surface area contributed by atoms with Gasteiger partial charge in [0.25, 0.3) is 10.1 Å². The van der Waals surface area contributed by atoms with Crippen LogP contribution in [-0.4, -0.2) is 47.0 Å². The fourth-order valence-electron chi connectivity index (χ4n) is 1.82. The van der Waals surface area contributed by atoms with Gasteiger partial charge in [-0.2, -0.15) is 14.8 Å². The molecular formula is C16H31KO8S. The minimum absolute atomic E-state index is 0. The van der Waals surface area contributed by atoms with Crippen molar-refractivity contribution in [3.8, 4) is 0 Å². The number of aliphatic carboxylic acids is 2. The number of carboxylic acids is 2. The monoisotopic (exact) mass is 422 g/mol. The summed E-state index contributed by atoms with van der Waals surface area (Å²) in [6.07, 6.45) is 9.38. The van der Waals surface area contributed by atoms with Gasteiger partial charge in [-0.15, -0.1) is 0 Å². The second-order valence-corrected chi connectivity index (χ2v) is 7.11. The minimum Gasteiger partial charge on any atom is -0.552 e. The number of unbranched alkanes of at least 4 members (excludes halogenated alkanes) is 6. The number of carboxylic acid groups (broad SMARTS) is 2. The molecule has 0 heterocycles. The standard InChI is InChI=1S/C12H25O.C4H6O7S.K/c1-3-5-6-7-8-9-10-12-13-11-4-2;5-3(6)1-2(4(7)8)12(9,10)11;/h11H,3-10,12H2,1-2H3;2H,1H2,(H,5,6)(H,7,8)(H,9,10,11);/q-1;;+1. The molecule has 26 heavy (non-hydrogen) atoms. The molecule has 0 aliphatic rings. The molecule has 0 rings (SSSR count). The second-order valence-electron chi connectivity index (χ2n) is 5.51. The van der Waals surface area contributed by atoms with Crippen LogP contribution in [0, 0.1) is 6.61 Å². The van der Waals surface area contributed by atoms with Crippen LogP contribution in [0.5, 0.6) is 0 Å². The van der Waals surface area contributed by atoms with Gasteiger partial charge in [-0.1, -0.05) is 52.4 Å². The van der Waals surface area contributed by atoms with E-state index in [-0.39, 0.29) is 51.4 Å². The van der Waals surface area contributed by atoms with Crippen LogP contribution in [0.2, 0.25) is 0 Å². The van der Waals surface area contributed by atoms with Crippen molar-refractivity contribution in [1.82, 2.24) is 0 Å². The van der Waals surface area contributed by atoms with Crippen LogP contribution in [0.3, 0.4) is 0 Å². The first-order valence-corrected chi connectivity index (χ1v) is 10.0. The third-order valence-corrected chi connectivity index (χ3v) is 4.23. The van der Waals surface area contributed by atoms with E-state index in [4.69, 9.17) is 19.5 Å². The Morgan fingerprint density at radius 2 is 1.50 bits per heavy atom. The van der Waals surface area contributed by atoms with Crippen LogP contribution in [-0.2, 0) is 24.4 Å². The van der Waals surface area contributed by atoms with Gasteiger partial charge in [-0.3, -0.25) is 14.1 Å². The second kappa shape index (κ2) is 20.2. The van der Waals surface area contributed by atoms with E-state index in [1.807, 2.05) is 6.61 Å². The van der Waals surface area contributed by atoms with Gasteiger partial charge < -0.3 is 14.9 Å². The molecule has 0 radical (unpaired) electrons. The largest absolute Gasteiger partial charge is 1.00 e. The molecule has 1 atom stereocenters. The van der Waals surface area contributed by atoms with Gasteiger partial charge in [0.05, 0.1) is 6.42 Å². The smallest absolute Gasteiger partial charge is 0.552 e. The molecule has 8 nitrogen and oxygen atoms in total. The third kappa shape index (κ3) is 22.5. The van der Waals surface area contributed by atoms with Crippen LogP contribution in [0.25, 0.3) is 0 Å². The number of hydrogen-bond acceptors (Lipinski definition) is 5. The molecule has 0 aliphatic carbocycles. The molecule has 0 aromatic carbocycles. The van der Waals surface area contributed by atoms with Crippen molar-refractivity contribution in [3.63, 3.8) is 0 Å². The molecule has 0 aliphatic heterocycles. The van der Waals surface area contributed by atoms with Crippen molar-refractivity contribution >= 4 is 22.1 Å². The predicted molar refractivity (Wildman–Crippen MR) is 93.8 cm³/mol. The van der Waals surface area contributed by atoms with Crippen LogP contribution >= 0.6 is 0 Å². The zero-order valence-corrected chi connectivity index (χ0v) is 20.0.